The molecule has 4 rings (SSSR count). The predicted molar refractivity (Wildman–Crippen MR) is 80.2 cm³/mol. The number of hydrogen-bond donors (Lipinski definition) is 1. The SMILES string of the molecule is Cc1cnc(CNc2nc3ccccc3n3nnnc23)nc1. The zero-order chi connectivity index (χ0) is 14.9. The van der Waals surface area contributed by atoms with Gasteiger partial charge in [0.1, 0.15) is 5.82 Å². The lowest BCUT2D eigenvalue weighted by atomic mass is 10.3. The van der Waals surface area contributed by atoms with Crippen molar-refractivity contribution in [3.8, 4) is 0 Å². The van der Waals surface area contributed by atoms with Crippen LogP contribution in [0.3, 0.4) is 0 Å². The van der Waals surface area contributed by atoms with E-state index in [1.807, 2.05) is 31.2 Å². The molecule has 8 heteroatoms. The van der Waals surface area contributed by atoms with Gasteiger partial charge in [0.15, 0.2) is 5.82 Å². The molecule has 0 atom stereocenters. The Morgan fingerprint density at radius 1 is 1.14 bits per heavy atom. The van der Waals surface area contributed by atoms with Crippen molar-refractivity contribution in [3.63, 3.8) is 0 Å². The fourth-order valence-corrected chi connectivity index (χ4v) is 2.20. The number of benzene rings is 1. The number of rotatable bonds is 3. The second-order valence-corrected chi connectivity index (χ2v) is 4.89. The van der Waals surface area contributed by atoms with Gasteiger partial charge in [-0.05, 0) is 35.0 Å². The molecule has 0 aliphatic rings. The van der Waals surface area contributed by atoms with E-state index in [-0.39, 0.29) is 0 Å². The average Bonchev–Trinajstić information content (AvgIpc) is 3.04. The van der Waals surface area contributed by atoms with Crippen molar-refractivity contribution >= 4 is 22.5 Å². The number of nitrogens with zero attached hydrogens (tertiary/aromatic N) is 7. The third-order valence-corrected chi connectivity index (χ3v) is 3.27. The Balaban J connectivity index is 1.73. The van der Waals surface area contributed by atoms with Gasteiger partial charge in [-0.2, -0.15) is 4.52 Å². The molecular weight excluding hydrogens is 280 g/mol. The third-order valence-electron chi connectivity index (χ3n) is 3.27. The van der Waals surface area contributed by atoms with Gasteiger partial charge in [0.25, 0.3) is 0 Å². The number of aromatic nitrogens is 7. The molecule has 3 aromatic heterocycles. The number of fused-ring (bicyclic) bond motifs is 3. The summed E-state index contributed by atoms with van der Waals surface area (Å²) in [6.45, 7) is 2.40. The minimum Gasteiger partial charge on any atom is -0.360 e. The molecule has 0 saturated carbocycles. The van der Waals surface area contributed by atoms with Crippen molar-refractivity contribution in [2.75, 3.05) is 5.32 Å². The quantitative estimate of drug-likeness (QED) is 0.609. The van der Waals surface area contributed by atoms with E-state index in [0.717, 1.165) is 16.6 Å². The van der Waals surface area contributed by atoms with Crippen LogP contribution in [0.15, 0.2) is 36.7 Å². The molecule has 0 aliphatic heterocycles. The predicted octanol–water partition coefficient (Wildman–Crippen LogP) is 1.38. The Morgan fingerprint density at radius 3 is 2.82 bits per heavy atom. The molecule has 0 radical (unpaired) electrons. The molecule has 22 heavy (non-hydrogen) atoms. The molecule has 0 amide bonds. The Kier molecular flexibility index (Phi) is 2.85. The number of para-hydroxylation sites is 2. The number of nitrogens with one attached hydrogen (secondary N) is 1. The molecule has 1 N–H and O–H groups in total. The molecular formula is C14H12N8. The van der Waals surface area contributed by atoms with E-state index < -0.39 is 0 Å². The molecule has 3 heterocycles. The van der Waals surface area contributed by atoms with Crippen molar-refractivity contribution in [1.82, 2.24) is 35.0 Å². The fourth-order valence-electron chi connectivity index (χ4n) is 2.20. The van der Waals surface area contributed by atoms with Crippen LogP contribution in [0.1, 0.15) is 11.4 Å². The molecule has 4 aromatic rings. The van der Waals surface area contributed by atoms with Crippen LogP contribution in [0.5, 0.6) is 0 Å². The maximum atomic E-state index is 4.58. The highest BCUT2D eigenvalue weighted by atomic mass is 15.5. The van der Waals surface area contributed by atoms with Crippen LogP contribution in [0.2, 0.25) is 0 Å². The largest absolute Gasteiger partial charge is 0.360 e. The van der Waals surface area contributed by atoms with Crippen molar-refractivity contribution in [3.05, 3.63) is 48.0 Å². The molecule has 0 saturated heterocycles. The van der Waals surface area contributed by atoms with Crippen LogP contribution in [-0.2, 0) is 6.54 Å². The highest BCUT2D eigenvalue weighted by Crippen LogP contribution is 2.18. The van der Waals surface area contributed by atoms with Gasteiger partial charge in [-0.1, -0.05) is 12.1 Å². The Bertz CT molecular complexity index is 944. The maximum absolute atomic E-state index is 4.58. The topological polar surface area (TPSA) is 93.8 Å². The van der Waals surface area contributed by atoms with Gasteiger partial charge in [-0.15, -0.1) is 5.10 Å². The summed E-state index contributed by atoms with van der Waals surface area (Å²) in [7, 11) is 0. The van der Waals surface area contributed by atoms with Crippen molar-refractivity contribution in [2.45, 2.75) is 13.5 Å². The van der Waals surface area contributed by atoms with Gasteiger partial charge < -0.3 is 5.32 Å². The van der Waals surface area contributed by atoms with Gasteiger partial charge in [0, 0.05) is 12.4 Å². The van der Waals surface area contributed by atoms with E-state index in [4.69, 9.17) is 0 Å². The van der Waals surface area contributed by atoms with E-state index in [1.165, 1.54) is 0 Å². The first-order valence-corrected chi connectivity index (χ1v) is 6.79. The smallest absolute Gasteiger partial charge is 0.222 e. The lowest BCUT2D eigenvalue weighted by molar-refractivity contribution is 0.840. The Morgan fingerprint density at radius 2 is 1.95 bits per heavy atom. The standard InChI is InChI=1S/C14H12N8/c1-9-6-15-12(16-7-9)8-17-13-14-19-20-21-22(14)11-5-3-2-4-10(11)18-13/h2-7H,8H2,1H3,(H,17,18). The van der Waals surface area contributed by atoms with Crippen LogP contribution in [0.25, 0.3) is 16.7 Å². The van der Waals surface area contributed by atoms with E-state index in [2.05, 4.69) is 35.8 Å². The average molecular weight is 292 g/mol. The van der Waals surface area contributed by atoms with E-state index >= 15 is 0 Å². The van der Waals surface area contributed by atoms with Gasteiger partial charge in [0.05, 0.1) is 17.6 Å². The molecule has 1 aromatic carbocycles. The molecule has 0 spiro atoms. The van der Waals surface area contributed by atoms with Crippen molar-refractivity contribution in [2.24, 2.45) is 0 Å². The summed E-state index contributed by atoms with van der Waals surface area (Å²) >= 11 is 0. The van der Waals surface area contributed by atoms with Gasteiger partial charge in [-0.25, -0.2) is 15.0 Å². The lowest BCUT2D eigenvalue weighted by Crippen LogP contribution is -2.08. The minimum atomic E-state index is 0.453. The number of hydrogen-bond acceptors (Lipinski definition) is 7. The van der Waals surface area contributed by atoms with Gasteiger partial charge >= 0.3 is 0 Å². The van der Waals surface area contributed by atoms with Gasteiger partial charge in [0.2, 0.25) is 5.65 Å². The zero-order valence-electron chi connectivity index (χ0n) is 11.8. The highest BCUT2D eigenvalue weighted by Gasteiger charge is 2.11. The van der Waals surface area contributed by atoms with Crippen LogP contribution in [-0.4, -0.2) is 35.0 Å². The molecule has 0 aliphatic carbocycles. The Labute approximate surface area is 125 Å². The highest BCUT2D eigenvalue weighted by molar-refractivity contribution is 5.81. The number of anilines is 1. The number of aryl methyl sites for hydroxylation is 1. The van der Waals surface area contributed by atoms with E-state index in [1.54, 1.807) is 16.9 Å². The zero-order valence-corrected chi connectivity index (χ0v) is 11.8. The molecule has 0 bridgehead atoms. The summed E-state index contributed by atoms with van der Waals surface area (Å²) in [5, 5.41) is 15.0. The summed E-state index contributed by atoms with van der Waals surface area (Å²) in [5.41, 5.74) is 3.27. The van der Waals surface area contributed by atoms with Crippen LogP contribution in [0.4, 0.5) is 5.82 Å². The molecule has 8 nitrogen and oxygen atoms in total. The van der Waals surface area contributed by atoms with Crippen molar-refractivity contribution < 1.29 is 0 Å². The second-order valence-electron chi connectivity index (χ2n) is 4.89. The summed E-state index contributed by atoms with van der Waals surface area (Å²) in [6, 6.07) is 7.71. The first-order valence-electron chi connectivity index (χ1n) is 6.79. The van der Waals surface area contributed by atoms with Crippen LogP contribution < -0.4 is 5.32 Å². The lowest BCUT2D eigenvalue weighted by Gasteiger charge is -2.07. The summed E-state index contributed by atoms with van der Waals surface area (Å²) in [5.74, 6) is 1.29. The van der Waals surface area contributed by atoms with E-state index in [0.29, 0.717) is 23.8 Å². The maximum Gasteiger partial charge on any atom is 0.222 e. The van der Waals surface area contributed by atoms with Crippen LogP contribution in [0, 0.1) is 6.92 Å². The van der Waals surface area contributed by atoms with Crippen LogP contribution >= 0.6 is 0 Å². The molecule has 108 valence electrons. The fraction of sp³-hybridized carbons (Fsp3) is 0.143. The summed E-state index contributed by atoms with van der Waals surface area (Å²) in [6.07, 6.45) is 3.57. The second kappa shape index (κ2) is 4.99. The summed E-state index contributed by atoms with van der Waals surface area (Å²) < 4.78 is 1.67. The van der Waals surface area contributed by atoms with Gasteiger partial charge in [-0.3, -0.25) is 0 Å². The first kappa shape index (κ1) is 12.6. The molecule has 0 unspecified atom stereocenters. The number of tetrazole rings is 1. The Hall–Kier alpha value is -3.16. The third kappa shape index (κ3) is 2.10. The first-order chi connectivity index (χ1) is 10.8. The normalized spacial score (nSPS) is 11.1. The van der Waals surface area contributed by atoms with E-state index in [9.17, 15) is 0 Å². The summed E-state index contributed by atoms with van der Waals surface area (Å²) in [4.78, 5) is 13.1. The minimum absolute atomic E-state index is 0.453. The molecule has 0 fully saturated rings. The monoisotopic (exact) mass is 292 g/mol. The van der Waals surface area contributed by atoms with Crippen molar-refractivity contribution in [1.29, 1.82) is 0 Å².